The number of aromatic nitrogens is 3. The van der Waals surface area contributed by atoms with Gasteiger partial charge in [0.25, 0.3) is 0 Å². The molecule has 1 aliphatic rings. The Kier molecular flexibility index (Phi) is 7.24. The summed E-state index contributed by atoms with van der Waals surface area (Å²) < 4.78 is 27.8. The maximum Gasteiger partial charge on any atom is 0.242 e. The molecule has 0 radical (unpaired) electrons. The number of nitrogens with one attached hydrogen (secondary N) is 1. The van der Waals surface area contributed by atoms with Crippen molar-refractivity contribution in [3.05, 3.63) is 42.1 Å². The summed E-state index contributed by atoms with van der Waals surface area (Å²) in [5, 5.41) is 7.97. The molecule has 1 atom stereocenters. The van der Waals surface area contributed by atoms with Crippen LogP contribution in [0.15, 0.2) is 41.4 Å². The van der Waals surface area contributed by atoms with Crippen LogP contribution in [0, 0.1) is 5.92 Å². The van der Waals surface area contributed by atoms with Gasteiger partial charge < -0.3 is 15.1 Å². The molecule has 1 N–H and O–H groups in total. The molecule has 3 heterocycles. The number of anilines is 3. The molecule has 2 aromatic heterocycles. The number of amides is 1. The van der Waals surface area contributed by atoms with Crippen LogP contribution in [-0.2, 0) is 14.8 Å². The first-order valence-electron chi connectivity index (χ1n) is 12.1. The fraction of sp³-hybridized carbons (Fsp3) is 0.480. The number of benzene rings is 1. The third-order valence-electron chi connectivity index (χ3n) is 6.55. The molecule has 0 aliphatic carbocycles. The number of hydrogen-bond donors (Lipinski definition) is 1. The third-order valence-corrected chi connectivity index (χ3v) is 8.38. The highest BCUT2D eigenvalue weighted by atomic mass is 32.2. The minimum absolute atomic E-state index is 0.0659. The predicted molar refractivity (Wildman–Crippen MR) is 141 cm³/mol. The molecule has 194 valence electrons. The van der Waals surface area contributed by atoms with Crippen molar-refractivity contribution in [3.8, 4) is 0 Å². The number of carbonyl (C=O) groups excluding carboxylic acids is 1. The van der Waals surface area contributed by atoms with E-state index < -0.39 is 10.0 Å². The largest absolute Gasteiger partial charge is 0.356 e. The highest BCUT2D eigenvalue weighted by Gasteiger charge is 2.28. The van der Waals surface area contributed by atoms with Crippen LogP contribution >= 0.6 is 0 Å². The van der Waals surface area contributed by atoms with Gasteiger partial charge in [-0.2, -0.15) is 9.61 Å². The number of piperidine rings is 1. The Balaban J connectivity index is 1.71. The molecule has 10 nitrogen and oxygen atoms in total. The molecule has 1 unspecified atom stereocenters. The molecule has 1 fully saturated rings. The Bertz CT molecular complexity index is 1350. The minimum atomic E-state index is -3.51. The van der Waals surface area contributed by atoms with E-state index in [1.54, 1.807) is 47.8 Å². The van der Waals surface area contributed by atoms with Crippen LogP contribution in [0.5, 0.6) is 0 Å². The van der Waals surface area contributed by atoms with Crippen molar-refractivity contribution < 1.29 is 13.2 Å². The summed E-state index contributed by atoms with van der Waals surface area (Å²) in [5.74, 6) is 1.81. The summed E-state index contributed by atoms with van der Waals surface area (Å²) in [6, 6.07) is 8.59. The van der Waals surface area contributed by atoms with E-state index in [0.29, 0.717) is 12.4 Å². The van der Waals surface area contributed by atoms with Crippen LogP contribution in [0.2, 0.25) is 0 Å². The molecular weight excluding hydrogens is 478 g/mol. The van der Waals surface area contributed by atoms with E-state index in [1.165, 1.54) is 18.4 Å². The second-order valence-electron chi connectivity index (χ2n) is 9.94. The normalized spacial score (nSPS) is 16.7. The van der Waals surface area contributed by atoms with Gasteiger partial charge in [0.15, 0.2) is 5.65 Å². The Morgan fingerprint density at radius 2 is 1.83 bits per heavy atom. The molecule has 11 heteroatoms. The summed E-state index contributed by atoms with van der Waals surface area (Å²) in [5.41, 5.74) is 2.52. The summed E-state index contributed by atoms with van der Waals surface area (Å²) in [7, 11) is 3.11. The first-order chi connectivity index (χ1) is 17.0. The maximum atomic E-state index is 12.6. The van der Waals surface area contributed by atoms with Gasteiger partial charge in [0.2, 0.25) is 15.9 Å². The fourth-order valence-corrected chi connectivity index (χ4v) is 5.35. The third kappa shape index (κ3) is 5.03. The van der Waals surface area contributed by atoms with Gasteiger partial charge in [0.1, 0.15) is 11.6 Å². The fourth-order valence-electron chi connectivity index (χ4n) is 4.45. The zero-order valence-corrected chi connectivity index (χ0v) is 22.6. The van der Waals surface area contributed by atoms with Gasteiger partial charge in [0, 0.05) is 58.6 Å². The van der Waals surface area contributed by atoms with E-state index in [1.807, 2.05) is 12.3 Å². The van der Waals surface area contributed by atoms with Gasteiger partial charge in [-0.05, 0) is 43.0 Å². The topological polar surface area (TPSA) is 103 Å². The lowest BCUT2D eigenvalue weighted by molar-refractivity contribution is -0.133. The second kappa shape index (κ2) is 10.1. The van der Waals surface area contributed by atoms with Crippen LogP contribution in [0.25, 0.3) is 5.65 Å². The number of rotatable bonds is 7. The number of fused-ring (bicyclic) bond motifs is 1. The standard InChI is InChI=1S/C25H35N7O3S/c1-17(2)21-15-26-32-23(27-19-9-11-20(12-10-19)36(34,35)30(5)6)14-22(28-24(21)32)31-13-7-8-18(16-31)25(33)29(3)4/h9-12,14-15,17-18,27H,7-8,13,16H2,1-6H3. The van der Waals surface area contributed by atoms with E-state index >= 15 is 0 Å². The number of sulfonamides is 1. The minimum Gasteiger partial charge on any atom is -0.356 e. The van der Waals surface area contributed by atoms with Crippen molar-refractivity contribution in [2.75, 3.05) is 51.5 Å². The van der Waals surface area contributed by atoms with E-state index in [2.05, 4.69) is 29.2 Å². The summed E-state index contributed by atoms with van der Waals surface area (Å²) in [6.07, 6.45) is 3.62. The lowest BCUT2D eigenvalue weighted by Gasteiger charge is -2.34. The number of carbonyl (C=O) groups is 1. The molecule has 1 aliphatic heterocycles. The first kappa shape index (κ1) is 25.9. The van der Waals surface area contributed by atoms with Gasteiger partial charge in [-0.1, -0.05) is 13.8 Å². The second-order valence-corrected chi connectivity index (χ2v) is 12.1. The smallest absolute Gasteiger partial charge is 0.242 e. The van der Waals surface area contributed by atoms with Crippen molar-refractivity contribution in [1.29, 1.82) is 0 Å². The quantitative estimate of drug-likeness (QED) is 0.518. The van der Waals surface area contributed by atoms with E-state index in [-0.39, 0.29) is 22.6 Å². The van der Waals surface area contributed by atoms with Gasteiger partial charge in [-0.25, -0.2) is 17.7 Å². The molecule has 36 heavy (non-hydrogen) atoms. The van der Waals surface area contributed by atoms with Gasteiger partial charge in [-0.15, -0.1) is 0 Å². The Hall–Kier alpha value is -3.18. The molecule has 1 saturated heterocycles. The average Bonchev–Trinajstić information content (AvgIpc) is 3.28. The predicted octanol–water partition coefficient (Wildman–Crippen LogP) is 3.15. The zero-order chi connectivity index (χ0) is 26.2. The molecule has 0 bridgehead atoms. The van der Waals surface area contributed by atoms with Crippen molar-refractivity contribution >= 4 is 38.9 Å². The van der Waals surface area contributed by atoms with Crippen LogP contribution in [0.1, 0.15) is 38.2 Å². The van der Waals surface area contributed by atoms with Crippen molar-refractivity contribution in [2.45, 2.75) is 37.5 Å². The molecule has 1 amide bonds. The van der Waals surface area contributed by atoms with Crippen molar-refractivity contribution in [1.82, 2.24) is 23.8 Å². The van der Waals surface area contributed by atoms with Crippen LogP contribution in [0.4, 0.5) is 17.3 Å². The molecule has 0 spiro atoms. The maximum absolute atomic E-state index is 12.6. The van der Waals surface area contributed by atoms with Crippen LogP contribution in [-0.4, -0.2) is 79.4 Å². The lowest BCUT2D eigenvalue weighted by Crippen LogP contribution is -2.43. The zero-order valence-electron chi connectivity index (χ0n) is 21.8. The summed E-state index contributed by atoms with van der Waals surface area (Å²) >= 11 is 0. The van der Waals surface area contributed by atoms with Crippen LogP contribution < -0.4 is 10.2 Å². The highest BCUT2D eigenvalue weighted by molar-refractivity contribution is 7.89. The molecular formula is C25H35N7O3S. The Morgan fingerprint density at radius 3 is 2.44 bits per heavy atom. The van der Waals surface area contributed by atoms with Gasteiger partial charge in [-0.3, -0.25) is 4.79 Å². The van der Waals surface area contributed by atoms with E-state index in [0.717, 1.165) is 42.1 Å². The highest BCUT2D eigenvalue weighted by Crippen LogP contribution is 2.30. The van der Waals surface area contributed by atoms with E-state index in [9.17, 15) is 13.2 Å². The summed E-state index contributed by atoms with van der Waals surface area (Å²) in [4.78, 5) is 21.7. The van der Waals surface area contributed by atoms with Gasteiger partial charge in [0.05, 0.1) is 17.0 Å². The number of nitrogens with zero attached hydrogens (tertiary/aromatic N) is 6. The molecule has 4 rings (SSSR count). The molecule has 3 aromatic rings. The SMILES string of the molecule is CC(C)c1cnn2c(Nc3ccc(S(=O)(=O)N(C)C)cc3)cc(N3CCCC(C(=O)N(C)C)C3)nc12. The molecule has 1 aromatic carbocycles. The molecule has 0 saturated carbocycles. The van der Waals surface area contributed by atoms with Crippen molar-refractivity contribution in [3.63, 3.8) is 0 Å². The Labute approximate surface area is 213 Å². The average molecular weight is 514 g/mol. The monoisotopic (exact) mass is 513 g/mol. The lowest BCUT2D eigenvalue weighted by atomic mass is 9.97. The first-order valence-corrected chi connectivity index (χ1v) is 13.6. The Morgan fingerprint density at radius 1 is 1.14 bits per heavy atom. The van der Waals surface area contributed by atoms with Gasteiger partial charge >= 0.3 is 0 Å². The van der Waals surface area contributed by atoms with Crippen molar-refractivity contribution in [2.24, 2.45) is 5.92 Å². The van der Waals surface area contributed by atoms with Crippen LogP contribution in [0.3, 0.4) is 0 Å². The number of hydrogen-bond acceptors (Lipinski definition) is 7. The van der Waals surface area contributed by atoms with E-state index in [4.69, 9.17) is 4.98 Å². The summed E-state index contributed by atoms with van der Waals surface area (Å²) in [6.45, 7) is 5.65.